The van der Waals surface area contributed by atoms with Crippen LogP contribution in [0.25, 0.3) is 11.1 Å². The number of rotatable bonds is 3. The Hall–Kier alpha value is -2.29. The summed E-state index contributed by atoms with van der Waals surface area (Å²) in [5.41, 5.74) is 2.89. The van der Waals surface area contributed by atoms with E-state index in [0.717, 1.165) is 16.7 Å². The zero-order valence-corrected chi connectivity index (χ0v) is 15.7. The Morgan fingerprint density at radius 3 is 2.75 bits per heavy atom. The molecule has 28 heavy (non-hydrogen) atoms. The van der Waals surface area contributed by atoms with Crippen molar-refractivity contribution in [3.05, 3.63) is 36.2 Å². The van der Waals surface area contributed by atoms with Crippen LogP contribution in [-0.2, 0) is 9.39 Å². The molecule has 1 spiro atoms. The lowest BCUT2D eigenvalue weighted by Gasteiger charge is -2.31. The number of hydrogen-bond acceptors (Lipinski definition) is 7. The van der Waals surface area contributed by atoms with E-state index < -0.39 is 12.9 Å². The Balaban J connectivity index is 1.53. The van der Waals surface area contributed by atoms with Crippen molar-refractivity contribution < 1.29 is 28.6 Å². The first-order valence-corrected chi connectivity index (χ1v) is 9.59. The minimum absolute atomic E-state index is 0.132. The normalized spacial score (nSPS) is 22.6. The molecule has 1 aromatic heterocycles. The molecule has 0 bridgehead atoms. The topological polar surface area (TPSA) is 79.3 Å². The maximum absolute atomic E-state index is 9.67. The van der Waals surface area contributed by atoms with E-state index in [9.17, 15) is 5.02 Å². The summed E-state index contributed by atoms with van der Waals surface area (Å²) in [6.07, 6.45) is 5.56. The summed E-state index contributed by atoms with van der Waals surface area (Å²) in [5.74, 6) is 1.40. The molecule has 0 amide bonds. The van der Waals surface area contributed by atoms with Crippen LogP contribution in [0.4, 0.5) is 0 Å². The van der Waals surface area contributed by atoms with Gasteiger partial charge in [0.1, 0.15) is 0 Å². The van der Waals surface area contributed by atoms with E-state index in [0.29, 0.717) is 56.2 Å². The molecule has 0 saturated carbocycles. The zero-order valence-electron chi connectivity index (χ0n) is 15.7. The Labute approximate surface area is 163 Å². The summed E-state index contributed by atoms with van der Waals surface area (Å²) in [5, 5.41) is 9.67. The Morgan fingerprint density at radius 1 is 1.18 bits per heavy atom. The molecule has 2 saturated heterocycles. The largest absolute Gasteiger partial charge is 0.493 e. The quantitative estimate of drug-likeness (QED) is 0.817. The van der Waals surface area contributed by atoms with Gasteiger partial charge in [0.2, 0.25) is 5.75 Å². The van der Waals surface area contributed by atoms with Crippen molar-refractivity contribution in [1.29, 1.82) is 0 Å². The number of fused-ring (bicyclic) bond motifs is 1. The van der Waals surface area contributed by atoms with E-state index in [4.69, 9.17) is 23.6 Å². The molecule has 3 aliphatic rings. The molecule has 1 aromatic carbocycles. The van der Waals surface area contributed by atoms with E-state index in [1.54, 1.807) is 7.11 Å². The highest BCUT2D eigenvalue weighted by Gasteiger charge is 2.45. The van der Waals surface area contributed by atoms with E-state index in [1.165, 1.54) is 0 Å². The van der Waals surface area contributed by atoms with Gasteiger partial charge in [0.25, 0.3) is 5.79 Å². The second kappa shape index (κ2) is 6.95. The molecule has 8 heteroatoms. The molecule has 2 aromatic rings. The third-order valence-corrected chi connectivity index (χ3v) is 5.64. The highest BCUT2D eigenvalue weighted by Crippen LogP contribution is 2.53. The van der Waals surface area contributed by atoms with Crippen molar-refractivity contribution in [2.75, 3.05) is 26.9 Å². The van der Waals surface area contributed by atoms with Crippen molar-refractivity contribution in [2.24, 2.45) is 0 Å². The van der Waals surface area contributed by atoms with Gasteiger partial charge in [-0.2, -0.15) is 0 Å². The summed E-state index contributed by atoms with van der Waals surface area (Å²) < 4.78 is 28.9. The maximum Gasteiger partial charge on any atom is 0.454 e. The number of pyridine rings is 1. The molecule has 3 aliphatic heterocycles. The molecule has 2 fully saturated rings. The van der Waals surface area contributed by atoms with Gasteiger partial charge < -0.3 is 28.6 Å². The predicted octanol–water partition coefficient (Wildman–Crippen LogP) is 2.63. The van der Waals surface area contributed by atoms with Crippen LogP contribution in [0.3, 0.4) is 0 Å². The van der Waals surface area contributed by atoms with Crippen LogP contribution in [-0.4, -0.2) is 49.8 Å². The van der Waals surface area contributed by atoms with Gasteiger partial charge in [-0.25, -0.2) is 0 Å². The van der Waals surface area contributed by atoms with Crippen LogP contribution in [0.5, 0.6) is 17.2 Å². The average Bonchev–Trinajstić information content (AvgIpc) is 3.31. The average molecular weight is 383 g/mol. The minimum Gasteiger partial charge on any atom is -0.493 e. The van der Waals surface area contributed by atoms with Crippen molar-refractivity contribution in [1.82, 2.24) is 4.98 Å². The Kier molecular flexibility index (Phi) is 4.42. The van der Waals surface area contributed by atoms with Gasteiger partial charge in [-0.3, -0.25) is 4.98 Å². The predicted molar refractivity (Wildman–Crippen MR) is 102 cm³/mol. The third kappa shape index (κ3) is 3.01. The summed E-state index contributed by atoms with van der Waals surface area (Å²) >= 11 is 0. The van der Waals surface area contributed by atoms with Crippen LogP contribution in [0, 0.1) is 0 Å². The van der Waals surface area contributed by atoms with Crippen molar-refractivity contribution in [2.45, 2.75) is 30.9 Å². The van der Waals surface area contributed by atoms with Gasteiger partial charge in [-0.15, -0.1) is 0 Å². The third-order valence-electron chi connectivity index (χ3n) is 5.64. The fraction of sp³-hybridized carbons (Fsp3) is 0.450. The molecule has 5 rings (SSSR count). The van der Waals surface area contributed by atoms with Crippen molar-refractivity contribution in [3.63, 3.8) is 0 Å². The zero-order chi connectivity index (χ0) is 19.1. The molecular weight excluding hydrogens is 361 g/mol. The first-order valence-electron chi connectivity index (χ1n) is 9.59. The van der Waals surface area contributed by atoms with Gasteiger partial charge in [0, 0.05) is 48.9 Å². The SMILES string of the molecule is COc1ccc(-c2cncc([C@@H]3COB(O)C3)c2)c2c1OC1(CCOCC1)O2. The van der Waals surface area contributed by atoms with Crippen molar-refractivity contribution >= 4 is 7.12 Å². The number of ether oxygens (including phenoxy) is 4. The lowest BCUT2D eigenvalue weighted by atomic mass is 9.80. The van der Waals surface area contributed by atoms with Crippen LogP contribution >= 0.6 is 0 Å². The highest BCUT2D eigenvalue weighted by molar-refractivity contribution is 6.43. The molecule has 146 valence electrons. The number of nitrogens with zero attached hydrogens (tertiary/aromatic N) is 1. The van der Waals surface area contributed by atoms with Crippen LogP contribution in [0.15, 0.2) is 30.6 Å². The van der Waals surface area contributed by atoms with Gasteiger partial charge >= 0.3 is 7.12 Å². The maximum atomic E-state index is 9.67. The molecular formula is C20H22BNO6. The number of methoxy groups -OCH3 is 1. The second-order valence-corrected chi connectivity index (χ2v) is 7.43. The molecule has 1 N–H and O–H groups in total. The van der Waals surface area contributed by atoms with Gasteiger partial charge in [0.05, 0.1) is 20.3 Å². The summed E-state index contributed by atoms with van der Waals surface area (Å²) in [7, 11) is 0.922. The smallest absolute Gasteiger partial charge is 0.454 e. The standard InChI is InChI=1S/C20H22BNO6/c1-24-17-3-2-16(18-19(17)28-20(27-18)4-6-25-7-5-20)14-8-13(10-22-11-14)15-9-21(23)26-12-15/h2-3,8,10-11,15,23H,4-7,9,12H2,1H3/t15-/m0/s1. The van der Waals surface area contributed by atoms with Crippen molar-refractivity contribution in [3.8, 4) is 28.4 Å². The first-order chi connectivity index (χ1) is 13.7. The molecule has 0 radical (unpaired) electrons. The van der Waals surface area contributed by atoms with E-state index in [1.807, 2.05) is 24.5 Å². The summed E-state index contributed by atoms with van der Waals surface area (Å²) in [4.78, 5) is 4.42. The highest BCUT2D eigenvalue weighted by atomic mass is 16.7. The van der Waals surface area contributed by atoms with Crippen LogP contribution < -0.4 is 14.2 Å². The fourth-order valence-electron chi connectivity index (χ4n) is 4.08. The van der Waals surface area contributed by atoms with Gasteiger partial charge in [0.15, 0.2) is 11.5 Å². The number of benzene rings is 1. The molecule has 1 atom stereocenters. The second-order valence-electron chi connectivity index (χ2n) is 7.43. The fourth-order valence-corrected chi connectivity index (χ4v) is 4.08. The number of hydrogen-bond donors (Lipinski definition) is 1. The Bertz CT molecular complexity index is 885. The monoisotopic (exact) mass is 383 g/mol. The lowest BCUT2D eigenvalue weighted by molar-refractivity contribution is -0.144. The molecule has 4 heterocycles. The molecule has 0 aliphatic carbocycles. The van der Waals surface area contributed by atoms with E-state index in [-0.39, 0.29) is 5.92 Å². The van der Waals surface area contributed by atoms with Gasteiger partial charge in [-0.1, -0.05) is 0 Å². The van der Waals surface area contributed by atoms with Crippen LogP contribution in [0.1, 0.15) is 24.3 Å². The lowest BCUT2D eigenvalue weighted by Crippen LogP contribution is -2.44. The van der Waals surface area contributed by atoms with E-state index >= 15 is 0 Å². The summed E-state index contributed by atoms with van der Waals surface area (Å²) in [6, 6.07) is 5.95. The van der Waals surface area contributed by atoms with Gasteiger partial charge in [-0.05, 0) is 30.1 Å². The molecule has 0 unspecified atom stereocenters. The van der Waals surface area contributed by atoms with Crippen LogP contribution in [0.2, 0.25) is 6.32 Å². The van der Waals surface area contributed by atoms with E-state index in [2.05, 4.69) is 11.1 Å². The molecule has 7 nitrogen and oxygen atoms in total. The minimum atomic E-state index is -0.705. The summed E-state index contributed by atoms with van der Waals surface area (Å²) in [6.45, 7) is 1.70. The number of aromatic nitrogens is 1. The Morgan fingerprint density at radius 2 is 2.00 bits per heavy atom. The first kappa shape index (κ1) is 17.8.